The van der Waals surface area contributed by atoms with E-state index in [2.05, 4.69) is 38.4 Å². The van der Waals surface area contributed by atoms with Gasteiger partial charge in [-0.25, -0.2) is 9.50 Å². The van der Waals surface area contributed by atoms with Crippen LogP contribution < -0.4 is 0 Å². The fourth-order valence-corrected chi connectivity index (χ4v) is 2.73. The molecule has 3 aromatic rings. The Hall–Kier alpha value is -2.21. The molecule has 1 aliphatic rings. The topological polar surface area (TPSA) is 51.2 Å². The van der Waals surface area contributed by atoms with Crippen LogP contribution >= 0.6 is 0 Å². The normalized spacial score (nSPS) is 15.1. The number of hydrogen-bond acceptors (Lipinski definition) is 4. The van der Waals surface area contributed by atoms with Gasteiger partial charge < -0.3 is 0 Å². The Morgan fingerprint density at radius 2 is 2.10 bits per heavy atom. The third-order valence-corrected chi connectivity index (χ3v) is 3.94. The fourth-order valence-electron chi connectivity index (χ4n) is 2.73. The second kappa shape index (κ2) is 4.96. The van der Waals surface area contributed by atoms with E-state index >= 15 is 0 Å². The Kier molecular flexibility index (Phi) is 2.96. The van der Waals surface area contributed by atoms with Gasteiger partial charge in [-0.1, -0.05) is 0 Å². The minimum Gasteiger partial charge on any atom is -0.292 e. The Morgan fingerprint density at radius 1 is 1.24 bits per heavy atom. The Labute approximate surface area is 123 Å². The smallest absolute Gasteiger partial charge is 0.155 e. The summed E-state index contributed by atoms with van der Waals surface area (Å²) in [5.41, 5.74) is 3.46. The van der Waals surface area contributed by atoms with Gasteiger partial charge in [-0.2, -0.15) is 10.2 Å². The van der Waals surface area contributed by atoms with Crippen LogP contribution in [0.4, 0.5) is 0 Å². The van der Waals surface area contributed by atoms with E-state index < -0.39 is 0 Å². The molecule has 6 heteroatoms. The third kappa shape index (κ3) is 2.67. The van der Waals surface area contributed by atoms with E-state index in [9.17, 15) is 0 Å². The lowest BCUT2D eigenvalue weighted by molar-refractivity contribution is 0.245. The van der Waals surface area contributed by atoms with Crippen molar-refractivity contribution >= 4 is 5.65 Å². The molecule has 1 saturated carbocycles. The maximum absolute atomic E-state index is 4.26. The highest BCUT2D eigenvalue weighted by atomic mass is 15.3. The number of aromatic nitrogens is 5. The molecule has 0 saturated heterocycles. The van der Waals surface area contributed by atoms with Gasteiger partial charge >= 0.3 is 0 Å². The van der Waals surface area contributed by atoms with Crippen LogP contribution in [0.5, 0.6) is 0 Å². The zero-order valence-electron chi connectivity index (χ0n) is 12.1. The highest BCUT2D eigenvalue weighted by molar-refractivity contribution is 5.39. The van der Waals surface area contributed by atoms with Gasteiger partial charge in [0.2, 0.25) is 0 Å². The molecule has 0 N–H and O–H groups in total. The van der Waals surface area contributed by atoms with Crippen molar-refractivity contribution in [2.45, 2.75) is 32.0 Å². The van der Waals surface area contributed by atoms with Gasteiger partial charge in [-0.15, -0.1) is 0 Å². The molecule has 3 aromatic heterocycles. The Bertz CT molecular complexity index is 754. The first kappa shape index (κ1) is 12.5. The van der Waals surface area contributed by atoms with E-state index in [0.29, 0.717) is 6.04 Å². The summed E-state index contributed by atoms with van der Waals surface area (Å²) < 4.78 is 3.66. The Balaban J connectivity index is 1.53. The molecule has 0 amide bonds. The number of hydrogen-bond donors (Lipinski definition) is 0. The summed E-state index contributed by atoms with van der Waals surface area (Å²) in [7, 11) is 1.96. The zero-order valence-corrected chi connectivity index (χ0v) is 12.1. The van der Waals surface area contributed by atoms with Crippen molar-refractivity contribution < 1.29 is 0 Å². The minimum absolute atomic E-state index is 0.708. The van der Waals surface area contributed by atoms with E-state index in [-0.39, 0.29) is 0 Å². The van der Waals surface area contributed by atoms with Gasteiger partial charge in [0.25, 0.3) is 0 Å². The molecule has 0 spiro atoms. The van der Waals surface area contributed by atoms with Crippen molar-refractivity contribution in [3.05, 3.63) is 48.2 Å². The molecule has 21 heavy (non-hydrogen) atoms. The third-order valence-electron chi connectivity index (χ3n) is 3.94. The second-order valence-electron chi connectivity index (χ2n) is 5.76. The van der Waals surface area contributed by atoms with Crippen molar-refractivity contribution in [1.29, 1.82) is 0 Å². The predicted octanol–water partition coefficient (Wildman–Crippen LogP) is 1.63. The number of nitrogens with zero attached hydrogens (tertiary/aromatic N) is 6. The molecule has 0 aliphatic heterocycles. The standard InChI is InChI=1S/C15H18N6/c1-19-8-13(7-17-19)10-20(14-2-3-14)9-12-4-5-21-15(6-12)16-11-18-21/h4-8,11,14H,2-3,9-10H2,1H3. The van der Waals surface area contributed by atoms with Crippen molar-refractivity contribution in [1.82, 2.24) is 29.3 Å². The van der Waals surface area contributed by atoms with Gasteiger partial charge in [0.15, 0.2) is 5.65 Å². The number of rotatable bonds is 5. The average Bonchev–Trinajstić information content (AvgIpc) is 3.09. The van der Waals surface area contributed by atoms with Crippen molar-refractivity contribution in [3.63, 3.8) is 0 Å². The molecule has 1 fully saturated rings. The maximum Gasteiger partial charge on any atom is 0.155 e. The van der Waals surface area contributed by atoms with E-state index in [1.54, 1.807) is 10.8 Å². The van der Waals surface area contributed by atoms with Crippen molar-refractivity contribution in [2.24, 2.45) is 7.05 Å². The monoisotopic (exact) mass is 282 g/mol. The summed E-state index contributed by atoms with van der Waals surface area (Å²) in [6.45, 7) is 1.90. The van der Waals surface area contributed by atoms with Crippen LogP contribution in [0.2, 0.25) is 0 Å². The van der Waals surface area contributed by atoms with Crippen LogP contribution in [-0.2, 0) is 20.1 Å². The highest BCUT2D eigenvalue weighted by Crippen LogP contribution is 2.29. The predicted molar refractivity (Wildman–Crippen MR) is 78.5 cm³/mol. The summed E-state index contributed by atoms with van der Waals surface area (Å²) in [6, 6.07) is 4.95. The summed E-state index contributed by atoms with van der Waals surface area (Å²) in [5.74, 6) is 0. The molecule has 108 valence electrons. The van der Waals surface area contributed by atoms with Crippen LogP contribution in [0.1, 0.15) is 24.0 Å². The van der Waals surface area contributed by atoms with E-state index in [1.165, 1.54) is 24.0 Å². The summed E-state index contributed by atoms with van der Waals surface area (Å²) in [5, 5.41) is 8.40. The van der Waals surface area contributed by atoms with Crippen LogP contribution in [0, 0.1) is 0 Å². The zero-order chi connectivity index (χ0) is 14.2. The lowest BCUT2D eigenvalue weighted by atomic mass is 10.2. The number of fused-ring (bicyclic) bond motifs is 1. The summed E-state index contributed by atoms with van der Waals surface area (Å²) >= 11 is 0. The first-order valence-corrected chi connectivity index (χ1v) is 7.28. The quantitative estimate of drug-likeness (QED) is 0.713. The van der Waals surface area contributed by atoms with Gasteiger partial charge in [0, 0.05) is 44.1 Å². The molecule has 0 atom stereocenters. The molecule has 0 unspecified atom stereocenters. The highest BCUT2D eigenvalue weighted by Gasteiger charge is 2.29. The minimum atomic E-state index is 0.708. The maximum atomic E-state index is 4.26. The summed E-state index contributed by atoms with van der Waals surface area (Å²) in [6.07, 6.45) is 10.2. The van der Waals surface area contributed by atoms with Crippen LogP contribution in [0.15, 0.2) is 37.1 Å². The molecule has 0 bridgehead atoms. The van der Waals surface area contributed by atoms with E-state index in [4.69, 9.17) is 0 Å². The van der Waals surface area contributed by atoms with Gasteiger partial charge in [-0.3, -0.25) is 9.58 Å². The van der Waals surface area contributed by atoms with Crippen molar-refractivity contribution in [3.8, 4) is 0 Å². The Morgan fingerprint density at radius 3 is 2.86 bits per heavy atom. The first-order chi connectivity index (χ1) is 10.3. The van der Waals surface area contributed by atoms with Crippen LogP contribution in [0.25, 0.3) is 5.65 Å². The lowest BCUT2D eigenvalue weighted by Crippen LogP contribution is -2.25. The number of pyridine rings is 1. The van der Waals surface area contributed by atoms with Crippen LogP contribution in [-0.4, -0.2) is 35.3 Å². The molecular formula is C15H18N6. The molecule has 4 rings (SSSR count). The largest absolute Gasteiger partial charge is 0.292 e. The second-order valence-corrected chi connectivity index (χ2v) is 5.76. The molecule has 6 nitrogen and oxygen atoms in total. The van der Waals surface area contributed by atoms with Gasteiger partial charge in [0.1, 0.15) is 6.33 Å². The van der Waals surface area contributed by atoms with Crippen LogP contribution in [0.3, 0.4) is 0 Å². The van der Waals surface area contributed by atoms with Crippen molar-refractivity contribution in [2.75, 3.05) is 0 Å². The van der Waals surface area contributed by atoms with Gasteiger partial charge in [-0.05, 0) is 30.5 Å². The molecule has 0 aromatic carbocycles. The van der Waals surface area contributed by atoms with E-state index in [0.717, 1.165) is 18.7 Å². The lowest BCUT2D eigenvalue weighted by Gasteiger charge is -2.21. The SMILES string of the molecule is Cn1cc(CN(Cc2ccn3ncnc3c2)C2CC2)cn1. The first-order valence-electron chi connectivity index (χ1n) is 7.28. The van der Waals surface area contributed by atoms with E-state index in [1.807, 2.05) is 24.1 Å². The average molecular weight is 282 g/mol. The molecular weight excluding hydrogens is 264 g/mol. The fraction of sp³-hybridized carbons (Fsp3) is 0.400. The number of aryl methyl sites for hydroxylation is 1. The molecule has 0 radical (unpaired) electrons. The molecule has 1 aliphatic carbocycles. The summed E-state index contributed by atoms with van der Waals surface area (Å²) in [4.78, 5) is 6.78. The van der Waals surface area contributed by atoms with Gasteiger partial charge in [0.05, 0.1) is 6.20 Å². The molecule has 3 heterocycles.